The number of aryl methyl sites for hydroxylation is 1. The molecular weight excluding hydrogens is 268 g/mol. The Bertz CT molecular complexity index is 792. The molecule has 1 atom stereocenters. The number of fused-ring (bicyclic) bond motifs is 2. The fraction of sp³-hybridized carbons (Fsp3) is 0.357. The van der Waals surface area contributed by atoms with Crippen LogP contribution in [0.1, 0.15) is 5.69 Å². The van der Waals surface area contributed by atoms with Crippen LogP contribution in [-0.4, -0.2) is 44.4 Å². The van der Waals surface area contributed by atoms with E-state index in [1.165, 1.54) is 0 Å². The van der Waals surface area contributed by atoms with E-state index in [1.807, 2.05) is 37.0 Å². The smallest absolute Gasteiger partial charge is 0.212 e. The predicted octanol–water partition coefficient (Wildman–Crippen LogP) is 1.36. The Labute approximate surface area is 121 Å². The average Bonchev–Trinajstić information content (AvgIpc) is 3.09. The maximum absolute atomic E-state index is 5.80. The van der Waals surface area contributed by atoms with Gasteiger partial charge < -0.3 is 14.6 Å². The van der Waals surface area contributed by atoms with Crippen molar-refractivity contribution in [3.8, 4) is 5.88 Å². The number of aromatic amines is 1. The van der Waals surface area contributed by atoms with Crippen LogP contribution in [0.15, 0.2) is 24.7 Å². The summed E-state index contributed by atoms with van der Waals surface area (Å²) in [5.74, 6) is 1.74. The van der Waals surface area contributed by atoms with Gasteiger partial charge in [-0.15, -0.1) is 0 Å². The lowest BCUT2D eigenvalue weighted by Crippen LogP contribution is -2.43. The second kappa shape index (κ2) is 4.47. The Hall–Kier alpha value is -2.57. The van der Waals surface area contributed by atoms with E-state index < -0.39 is 0 Å². The van der Waals surface area contributed by atoms with Crippen LogP contribution in [0.3, 0.4) is 0 Å². The molecule has 0 saturated heterocycles. The summed E-state index contributed by atoms with van der Waals surface area (Å²) in [4.78, 5) is 13.9. The van der Waals surface area contributed by atoms with Crippen molar-refractivity contribution in [1.29, 1.82) is 0 Å². The minimum Gasteiger partial charge on any atom is -0.476 e. The fourth-order valence-electron chi connectivity index (χ4n) is 2.75. The largest absolute Gasteiger partial charge is 0.476 e. The fourth-order valence-corrected chi connectivity index (χ4v) is 2.75. The van der Waals surface area contributed by atoms with Gasteiger partial charge in [-0.05, 0) is 13.0 Å². The molecule has 0 saturated carbocycles. The van der Waals surface area contributed by atoms with Gasteiger partial charge in [0, 0.05) is 19.3 Å². The third-order valence-corrected chi connectivity index (χ3v) is 3.89. The lowest BCUT2D eigenvalue weighted by atomic mass is 10.2. The van der Waals surface area contributed by atoms with Crippen molar-refractivity contribution >= 4 is 16.9 Å². The van der Waals surface area contributed by atoms with Crippen LogP contribution in [0.4, 0.5) is 5.82 Å². The maximum atomic E-state index is 5.80. The summed E-state index contributed by atoms with van der Waals surface area (Å²) in [6.45, 7) is 3.38. The van der Waals surface area contributed by atoms with Crippen LogP contribution in [-0.2, 0) is 6.54 Å². The van der Waals surface area contributed by atoms with Gasteiger partial charge in [0.1, 0.15) is 24.4 Å². The van der Waals surface area contributed by atoms with Crippen LogP contribution >= 0.6 is 0 Å². The standard InChI is InChI=1S/C14H16N6O/c1-9-5-12-20(18-9)6-10(7-21-12)19(2)14-11-3-4-15-13(11)16-8-17-14/h3-5,8,10H,6-7H2,1-2H3,(H,15,16,17)/t10-/m0/s1. The lowest BCUT2D eigenvalue weighted by molar-refractivity contribution is 0.202. The van der Waals surface area contributed by atoms with Crippen molar-refractivity contribution in [3.05, 3.63) is 30.4 Å². The maximum Gasteiger partial charge on any atom is 0.212 e. The van der Waals surface area contributed by atoms with Gasteiger partial charge in [0.05, 0.1) is 23.7 Å². The summed E-state index contributed by atoms with van der Waals surface area (Å²) in [7, 11) is 2.03. The van der Waals surface area contributed by atoms with E-state index in [0.717, 1.165) is 35.0 Å². The van der Waals surface area contributed by atoms with Crippen LogP contribution in [0, 0.1) is 6.92 Å². The predicted molar refractivity (Wildman–Crippen MR) is 78.5 cm³/mol. The SMILES string of the molecule is Cc1cc2n(n1)C[C@H](N(C)c1ncnc3[nH]ccc13)CO2. The number of aromatic nitrogens is 5. The first-order chi connectivity index (χ1) is 10.2. The molecule has 1 N–H and O–H groups in total. The molecule has 1 aliphatic heterocycles. The van der Waals surface area contributed by atoms with Gasteiger partial charge in [-0.2, -0.15) is 5.10 Å². The quantitative estimate of drug-likeness (QED) is 0.769. The van der Waals surface area contributed by atoms with Crippen molar-refractivity contribution in [1.82, 2.24) is 24.7 Å². The third-order valence-electron chi connectivity index (χ3n) is 3.89. The second-order valence-corrected chi connectivity index (χ2v) is 5.32. The number of nitrogens with zero attached hydrogens (tertiary/aromatic N) is 5. The van der Waals surface area contributed by atoms with Gasteiger partial charge in [0.25, 0.3) is 0 Å². The zero-order valence-electron chi connectivity index (χ0n) is 11.9. The molecule has 3 aromatic rings. The molecule has 3 aromatic heterocycles. The monoisotopic (exact) mass is 284 g/mol. The van der Waals surface area contributed by atoms with Crippen molar-refractivity contribution in [2.24, 2.45) is 0 Å². The molecule has 0 bridgehead atoms. The Morgan fingerprint density at radius 1 is 1.43 bits per heavy atom. The molecule has 108 valence electrons. The molecule has 7 heteroatoms. The van der Waals surface area contributed by atoms with Crippen molar-refractivity contribution < 1.29 is 4.74 Å². The Morgan fingerprint density at radius 3 is 3.24 bits per heavy atom. The second-order valence-electron chi connectivity index (χ2n) is 5.32. The summed E-state index contributed by atoms with van der Waals surface area (Å²) in [6.07, 6.45) is 3.46. The van der Waals surface area contributed by atoms with Crippen LogP contribution in [0.5, 0.6) is 5.88 Å². The zero-order valence-corrected chi connectivity index (χ0v) is 11.9. The highest BCUT2D eigenvalue weighted by atomic mass is 16.5. The van der Waals surface area contributed by atoms with Crippen LogP contribution in [0.2, 0.25) is 0 Å². The van der Waals surface area contributed by atoms with Gasteiger partial charge in [-0.1, -0.05) is 0 Å². The van der Waals surface area contributed by atoms with Crippen molar-refractivity contribution in [2.45, 2.75) is 19.5 Å². The topological polar surface area (TPSA) is 71.9 Å². The van der Waals surface area contributed by atoms with Gasteiger partial charge in [-0.3, -0.25) is 0 Å². The molecule has 0 radical (unpaired) electrons. The first kappa shape index (κ1) is 12.2. The van der Waals surface area contributed by atoms with E-state index in [1.54, 1.807) is 6.33 Å². The molecule has 7 nitrogen and oxygen atoms in total. The number of likely N-dealkylation sites (N-methyl/N-ethyl adjacent to an activating group) is 1. The van der Waals surface area contributed by atoms with Gasteiger partial charge in [0.2, 0.25) is 5.88 Å². The Morgan fingerprint density at radius 2 is 2.33 bits per heavy atom. The number of rotatable bonds is 2. The molecule has 21 heavy (non-hydrogen) atoms. The molecule has 1 aliphatic rings. The molecule has 0 aliphatic carbocycles. The van der Waals surface area contributed by atoms with Crippen LogP contribution < -0.4 is 9.64 Å². The number of hydrogen-bond donors (Lipinski definition) is 1. The normalized spacial score (nSPS) is 17.5. The van der Waals surface area contributed by atoms with Gasteiger partial charge in [0.15, 0.2) is 0 Å². The Kier molecular flexibility index (Phi) is 2.60. The Balaban J connectivity index is 1.66. The lowest BCUT2D eigenvalue weighted by Gasteiger charge is -2.32. The molecule has 0 aromatic carbocycles. The molecular formula is C14H16N6O. The highest BCUT2D eigenvalue weighted by molar-refractivity contribution is 5.87. The highest BCUT2D eigenvalue weighted by Crippen LogP contribution is 2.26. The zero-order chi connectivity index (χ0) is 14.4. The van der Waals surface area contributed by atoms with E-state index in [2.05, 4.69) is 25.0 Å². The number of H-pyrrole nitrogens is 1. The van der Waals surface area contributed by atoms with E-state index in [9.17, 15) is 0 Å². The minimum absolute atomic E-state index is 0.185. The van der Waals surface area contributed by atoms with Crippen LogP contribution in [0.25, 0.3) is 11.0 Å². The molecule has 0 amide bonds. The molecule has 0 spiro atoms. The number of nitrogens with one attached hydrogen (secondary N) is 1. The molecule has 0 fully saturated rings. The number of anilines is 1. The summed E-state index contributed by atoms with van der Waals surface area (Å²) in [5, 5.41) is 5.47. The van der Waals surface area contributed by atoms with Gasteiger partial charge in [-0.25, -0.2) is 14.6 Å². The molecule has 4 rings (SSSR count). The summed E-state index contributed by atoms with van der Waals surface area (Å²) < 4.78 is 7.71. The summed E-state index contributed by atoms with van der Waals surface area (Å²) in [6, 6.07) is 4.14. The molecule has 0 unspecified atom stereocenters. The van der Waals surface area contributed by atoms with Gasteiger partial charge >= 0.3 is 0 Å². The molecule has 4 heterocycles. The van der Waals surface area contributed by atoms with E-state index in [0.29, 0.717) is 6.61 Å². The first-order valence-corrected chi connectivity index (χ1v) is 6.90. The van der Waals surface area contributed by atoms with Crippen molar-refractivity contribution in [2.75, 3.05) is 18.6 Å². The first-order valence-electron chi connectivity index (χ1n) is 6.90. The summed E-state index contributed by atoms with van der Waals surface area (Å²) >= 11 is 0. The third kappa shape index (κ3) is 1.93. The highest BCUT2D eigenvalue weighted by Gasteiger charge is 2.26. The average molecular weight is 284 g/mol. The number of hydrogen-bond acceptors (Lipinski definition) is 5. The number of ether oxygens (including phenoxy) is 1. The van der Waals surface area contributed by atoms with E-state index in [-0.39, 0.29) is 6.04 Å². The van der Waals surface area contributed by atoms with E-state index in [4.69, 9.17) is 4.74 Å². The van der Waals surface area contributed by atoms with E-state index >= 15 is 0 Å². The minimum atomic E-state index is 0.185. The van der Waals surface area contributed by atoms with Crippen molar-refractivity contribution in [3.63, 3.8) is 0 Å². The summed E-state index contributed by atoms with van der Waals surface area (Å²) in [5.41, 5.74) is 1.82.